The first-order valence-electron chi connectivity index (χ1n) is 11.1. The number of H-pyrrole nitrogens is 1. The molecule has 6 heteroatoms. The van der Waals surface area contributed by atoms with Crippen molar-refractivity contribution < 1.29 is 4.79 Å². The van der Waals surface area contributed by atoms with Crippen LogP contribution in [-0.4, -0.2) is 64.9 Å². The van der Waals surface area contributed by atoms with Gasteiger partial charge in [0, 0.05) is 63.3 Å². The number of nitrogens with one attached hydrogen (secondary N) is 2. The SMILES string of the molecule is CC(C(=O)NCCN1CCN(Cc2ccccc2)CC1)c1cnc(-c2ccccc2)[nH]1. The molecule has 0 radical (unpaired) electrons. The molecule has 0 aliphatic carbocycles. The maximum Gasteiger partial charge on any atom is 0.228 e. The van der Waals surface area contributed by atoms with E-state index < -0.39 is 0 Å². The molecule has 1 unspecified atom stereocenters. The molecule has 0 spiro atoms. The molecule has 1 amide bonds. The first-order valence-corrected chi connectivity index (χ1v) is 11.1. The molecule has 1 fully saturated rings. The van der Waals surface area contributed by atoms with Gasteiger partial charge in [-0.15, -0.1) is 0 Å². The van der Waals surface area contributed by atoms with Crippen LogP contribution >= 0.6 is 0 Å². The summed E-state index contributed by atoms with van der Waals surface area (Å²) in [6.45, 7) is 8.69. The Hall–Kier alpha value is -2.96. The van der Waals surface area contributed by atoms with Crippen LogP contribution in [0.3, 0.4) is 0 Å². The number of nitrogens with zero attached hydrogens (tertiary/aromatic N) is 3. The molecule has 1 saturated heterocycles. The first kappa shape index (κ1) is 21.3. The number of carbonyl (C=O) groups is 1. The average molecular weight is 418 g/mol. The van der Waals surface area contributed by atoms with Gasteiger partial charge in [0.25, 0.3) is 0 Å². The van der Waals surface area contributed by atoms with Gasteiger partial charge in [-0.1, -0.05) is 60.7 Å². The van der Waals surface area contributed by atoms with Crippen molar-refractivity contribution >= 4 is 5.91 Å². The lowest BCUT2D eigenvalue weighted by Gasteiger charge is -2.34. The molecule has 31 heavy (non-hydrogen) atoms. The zero-order chi connectivity index (χ0) is 21.5. The fourth-order valence-corrected chi connectivity index (χ4v) is 3.94. The highest BCUT2D eigenvalue weighted by atomic mass is 16.1. The Morgan fingerprint density at radius 1 is 1.00 bits per heavy atom. The number of aromatic amines is 1. The van der Waals surface area contributed by atoms with Gasteiger partial charge < -0.3 is 10.3 Å². The number of amides is 1. The minimum Gasteiger partial charge on any atom is -0.354 e. The third kappa shape index (κ3) is 5.81. The molecule has 4 rings (SSSR count). The van der Waals surface area contributed by atoms with E-state index in [1.807, 2.05) is 37.3 Å². The zero-order valence-electron chi connectivity index (χ0n) is 18.1. The highest BCUT2D eigenvalue weighted by molar-refractivity contribution is 5.82. The summed E-state index contributed by atoms with van der Waals surface area (Å²) in [4.78, 5) is 25.2. The monoisotopic (exact) mass is 417 g/mol. The third-order valence-electron chi connectivity index (χ3n) is 5.94. The summed E-state index contributed by atoms with van der Waals surface area (Å²) in [5, 5.41) is 3.09. The van der Waals surface area contributed by atoms with Gasteiger partial charge in [-0.3, -0.25) is 14.6 Å². The van der Waals surface area contributed by atoms with E-state index in [-0.39, 0.29) is 11.8 Å². The second-order valence-electron chi connectivity index (χ2n) is 8.17. The Bertz CT molecular complexity index is 948. The molecular weight excluding hydrogens is 386 g/mol. The number of rotatable bonds is 8. The van der Waals surface area contributed by atoms with Crippen LogP contribution in [0.25, 0.3) is 11.4 Å². The van der Waals surface area contributed by atoms with Crippen LogP contribution in [-0.2, 0) is 11.3 Å². The fraction of sp³-hybridized carbons (Fsp3) is 0.360. The Morgan fingerprint density at radius 2 is 1.65 bits per heavy atom. The van der Waals surface area contributed by atoms with Gasteiger partial charge in [0.05, 0.1) is 5.92 Å². The highest BCUT2D eigenvalue weighted by Crippen LogP contribution is 2.19. The van der Waals surface area contributed by atoms with Crippen molar-refractivity contribution in [3.05, 3.63) is 78.1 Å². The molecular formula is C25H31N5O. The Morgan fingerprint density at radius 3 is 2.35 bits per heavy atom. The zero-order valence-corrected chi connectivity index (χ0v) is 18.1. The van der Waals surface area contributed by atoms with Crippen molar-refractivity contribution in [2.45, 2.75) is 19.4 Å². The van der Waals surface area contributed by atoms with E-state index in [0.717, 1.165) is 56.4 Å². The van der Waals surface area contributed by atoms with E-state index in [9.17, 15) is 4.79 Å². The van der Waals surface area contributed by atoms with Crippen LogP contribution in [0.1, 0.15) is 24.1 Å². The van der Waals surface area contributed by atoms with Gasteiger partial charge in [0.1, 0.15) is 5.82 Å². The molecule has 2 N–H and O–H groups in total. The van der Waals surface area contributed by atoms with Crippen LogP contribution in [0, 0.1) is 0 Å². The van der Waals surface area contributed by atoms with Crippen molar-refractivity contribution in [2.75, 3.05) is 39.3 Å². The molecule has 1 aliphatic heterocycles. The molecule has 1 aliphatic rings. The Balaban J connectivity index is 1.18. The molecule has 0 bridgehead atoms. The third-order valence-corrected chi connectivity index (χ3v) is 5.94. The van der Waals surface area contributed by atoms with Gasteiger partial charge >= 0.3 is 0 Å². The molecule has 162 valence electrons. The number of aromatic nitrogens is 2. The van der Waals surface area contributed by atoms with Gasteiger partial charge in [-0.2, -0.15) is 0 Å². The highest BCUT2D eigenvalue weighted by Gasteiger charge is 2.19. The lowest BCUT2D eigenvalue weighted by molar-refractivity contribution is -0.122. The number of piperazine rings is 1. The summed E-state index contributed by atoms with van der Waals surface area (Å²) in [6, 6.07) is 20.6. The lowest BCUT2D eigenvalue weighted by atomic mass is 10.1. The van der Waals surface area contributed by atoms with Gasteiger partial charge in [-0.05, 0) is 12.5 Å². The summed E-state index contributed by atoms with van der Waals surface area (Å²) >= 11 is 0. The molecule has 2 heterocycles. The summed E-state index contributed by atoms with van der Waals surface area (Å²) in [6.07, 6.45) is 1.76. The lowest BCUT2D eigenvalue weighted by Crippen LogP contribution is -2.48. The second kappa shape index (κ2) is 10.4. The van der Waals surface area contributed by atoms with Crippen molar-refractivity contribution in [1.82, 2.24) is 25.1 Å². The van der Waals surface area contributed by atoms with Crippen molar-refractivity contribution in [3.8, 4) is 11.4 Å². The van der Waals surface area contributed by atoms with Gasteiger partial charge in [0.15, 0.2) is 0 Å². The Labute approximate surface area is 184 Å². The molecule has 6 nitrogen and oxygen atoms in total. The predicted molar refractivity (Wildman–Crippen MR) is 124 cm³/mol. The van der Waals surface area contributed by atoms with E-state index in [1.54, 1.807) is 6.20 Å². The van der Waals surface area contributed by atoms with Crippen LogP contribution in [0.15, 0.2) is 66.9 Å². The van der Waals surface area contributed by atoms with Gasteiger partial charge in [0.2, 0.25) is 5.91 Å². The van der Waals surface area contributed by atoms with Crippen LogP contribution < -0.4 is 5.32 Å². The van der Waals surface area contributed by atoms with Crippen molar-refractivity contribution in [2.24, 2.45) is 0 Å². The second-order valence-corrected chi connectivity index (χ2v) is 8.17. The fourth-order valence-electron chi connectivity index (χ4n) is 3.94. The number of hydrogen-bond acceptors (Lipinski definition) is 4. The van der Waals surface area contributed by atoms with Crippen LogP contribution in [0.5, 0.6) is 0 Å². The largest absolute Gasteiger partial charge is 0.354 e. The number of hydrogen-bond donors (Lipinski definition) is 2. The number of carbonyl (C=O) groups excluding carboxylic acids is 1. The summed E-state index contributed by atoms with van der Waals surface area (Å²) in [5.74, 6) is 0.572. The van der Waals surface area contributed by atoms with E-state index >= 15 is 0 Å². The van der Waals surface area contributed by atoms with E-state index in [2.05, 4.69) is 55.4 Å². The average Bonchev–Trinajstić information content (AvgIpc) is 3.31. The Kier molecular flexibility index (Phi) is 7.12. The smallest absolute Gasteiger partial charge is 0.228 e. The minimum atomic E-state index is -0.257. The molecule has 1 atom stereocenters. The van der Waals surface area contributed by atoms with E-state index in [4.69, 9.17) is 0 Å². The molecule has 2 aromatic carbocycles. The quantitative estimate of drug-likeness (QED) is 0.591. The summed E-state index contributed by atoms with van der Waals surface area (Å²) in [5.41, 5.74) is 3.23. The maximum absolute atomic E-state index is 12.6. The van der Waals surface area contributed by atoms with Crippen molar-refractivity contribution in [1.29, 1.82) is 0 Å². The first-order chi connectivity index (χ1) is 15.2. The van der Waals surface area contributed by atoms with Crippen molar-refractivity contribution in [3.63, 3.8) is 0 Å². The van der Waals surface area contributed by atoms with Crippen LogP contribution in [0.4, 0.5) is 0 Å². The molecule has 0 saturated carbocycles. The topological polar surface area (TPSA) is 64.3 Å². The van der Waals surface area contributed by atoms with E-state index in [0.29, 0.717) is 6.54 Å². The van der Waals surface area contributed by atoms with Crippen LogP contribution in [0.2, 0.25) is 0 Å². The minimum absolute atomic E-state index is 0.0333. The van der Waals surface area contributed by atoms with Gasteiger partial charge in [-0.25, -0.2) is 4.98 Å². The maximum atomic E-state index is 12.6. The molecule has 1 aromatic heterocycles. The number of benzene rings is 2. The summed E-state index contributed by atoms with van der Waals surface area (Å²) < 4.78 is 0. The molecule has 3 aromatic rings. The number of imidazole rings is 1. The van der Waals surface area contributed by atoms with E-state index in [1.165, 1.54) is 5.56 Å². The normalized spacial score (nSPS) is 16.2. The standard InChI is InChI=1S/C25H31N5O/c1-20(23-18-27-24(28-23)22-10-6-3-7-11-22)25(31)26-12-13-29-14-16-30(17-15-29)19-21-8-4-2-5-9-21/h2-11,18,20H,12-17,19H2,1H3,(H,26,31)(H,27,28). The summed E-state index contributed by atoms with van der Waals surface area (Å²) in [7, 11) is 0. The predicted octanol–water partition coefficient (Wildman–Crippen LogP) is 3.11.